The quantitative estimate of drug-likeness (QED) is 0.714. The first-order chi connectivity index (χ1) is 12.6. The van der Waals surface area contributed by atoms with Gasteiger partial charge in [0, 0.05) is 12.7 Å². The van der Waals surface area contributed by atoms with E-state index in [9.17, 15) is 4.79 Å². The summed E-state index contributed by atoms with van der Waals surface area (Å²) in [5.74, 6) is -0.105. The van der Waals surface area contributed by atoms with Crippen LogP contribution in [0, 0.1) is 0 Å². The molecule has 1 amide bonds. The monoisotopic (exact) mass is 348 g/mol. The lowest BCUT2D eigenvalue weighted by Crippen LogP contribution is -2.34. The summed E-state index contributed by atoms with van der Waals surface area (Å²) in [6, 6.07) is 20.4. The first kappa shape index (κ1) is 17.9. The number of nitrogens with one attached hydrogen (secondary N) is 1. The van der Waals surface area contributed by atoms with E-state index >= 15 is 0 Å². The number of aromatic nitrogens is 2. The van der Waals surface area contributed by atoms with Crippen LogP contribution in [0.15, 0.2) is 73.1 Å². The average Bonchev–Trinajstić information content (AvgIpc) is 3.12. The van der Waals surface area contributed by atoms with Crippen LogP contribution in [0.3, 0.4) is 0 Å². The Morgan fingerprint density at radius 3 is 2.38 bits per heavy atom. The van der Waals surface area contributed by atoms with Crippen molar-refractivity contribution in [2.75, 3.05) is 20.6 Å². The van der Waals surface area contributed by atoms with Crippen LogP contribution in [-0.4, -0.2) is 41.2 Å². The second-order valence-electron chi connectivity index (χ2n) is 6.51. The van der Waals surface area contributed by atoms with Gasteiger partial charge in [-0.05, 0) is 25.2 Å². The minimum atomic E-state index is -0.105. The Kier molecular flexibility index (Phi) is 5.81. The Morgan fingerprint density at radius 1 is 1.08 bits per heavy atom. The number of amides is 1. The van der Waals surface area contributed by atoms with Gasteiger partial charge in [-0.1, -0.05) is 60.7 Å². The number of rotatable bonds is 7. The highest BCUT2D eigenvalue weighted by molar-refractivity contribution is 5.93. The number of nitrogens with zero attached hydrogens (tertiary/aromatic N) is 3. The number of hydrogen-bond donors (Lipinski definition) is 1. The second-order valence-corrected chi connectivity index (χ2v) is 6.51. The summed E-state index contributed by atoms with van der Waals surface area (Å²) in [6.07, 6.45) is 3.40. The van der Waals surface area contributed by atoms with E-state index in [1.807, 2.05) is 62.6 Å². The number of hydrogen-bond acceptors (Lipinski definition) is 3. The number of likely N-dealkylation sites (N-methyl/N-ethyl adjacent to an activating group) is 1. The van der Waals surface area contributed by atoms with E-state index in [1.54, 1.807) is 17.1 Å². The van der Waals surface area contributed by atoms with E-state index in [4.69, 9.17) is 0 Å². The van der Waals surface area contributed by atoms with Crippen LogP contribution in [0.25, 0.3) is 0 Å². The average molecular weight is 348 g/mol. The van der Waals surface area contributed by atoms with Crippen molar-refractivity contribution in [2.45, 2.75) is 12.6 Å². The zero-order valence-electron chi connectivity index (χ0n) is 15.2. The van der Waals surface area contributed by atoms with Crippen molar-refractivity contribution in [2.24, 2.45) is 0 Å². The van der Waals surface area contributed by atoms with Gasteiger partial charge in [-0.25, -0.2) is 0 Å². The molecular weight excluding hydrogens is 324 g/mol. The minimum absolute atomic E-state index is 0.105. The predicted molar refractivity (Wildman–Crippen MR) is 103 cm³/mol. The minimum Gasteiger partial charge on any atom is -0.350 e. The van der Waals surface area contributed by atoms with Crippen LogP contribution in [0.2, 0.25) is 0 Å². The fraction of sp³-hybridized carbons (Fsp3) is 0.238. The summed E-state index contributed by atoms with van der Waals surface area (Å²) in [4.78, 5) is 14.6. The zero-order valence-corrected chi connectivity index (χ0v) is 15.2. The standard InChI is InChI=1S/C21H24N4O/c1-24(2)20(18-11-7-4-8-12-18)14-22-21(26)19-13-23-25(16-19)15-17-9-5-3-6-10-17/h3-13,16,20H,14-15H2,1-2H3,(H,22,26)/t20-/m1/s1. The van der Waals surface area contributed by atoms with Crippen molar-refractivity contribution < 1.29 is 4.79 Å². The van der Waals surface area contributed by atoms with Gasteiger partial charge in [-0.3, -0.25) is 9.48 Å². The van der Waals surface area contributed by atoms with Gasteiger partial charge in [-0.2, -0.15) is 5.10 Å². The highest BCUT2D eigenvalue weighted by Crippen LogP contribution is 2.16. The molecule has 0 radical (unpaired) electrons. The summed E-state index contributed by atoms with van der Waals surface area (Å²) < 4.78 is 1.78. The molecule has 0 unspecified atom stereocenters. The molecule has 2 aromatic carbocycles. The van der Waals surface area contributed by atoms with Crippen LogP contribution in [0.1, 0.15) is 27.5 Å². The van der Waals surface area contributed by atoms with Gasteiger partial charge in [0.25, 0.3) is 5.91 Å². The summed E-state index contributed by atoms with van der Waals surface area (Å²) in [5.41, 5.74) is 2.91. The smallest absolute Gasteiger partial charge is 0.254 e. The van der Waals surface area contributed by atoms with Gasteiger partial charge in [0.1, 0.15) is 0 Å². The first-order valence-corrected chi connectivity index (χ1v) is 8.69. The molecule has 0 bridgehead atoms. The Bertz CT molecular complexity index is 827. The molecule has 3 rings (SSSR count). The molecule has 0 aliphatic carbocycles. The molecular formula is C21H24N4O. The van der Waals surface area contributed by atoms with Crippen molar-refractivity contribution in [3.63, 3.8) is 0 Å². The third-order valence-corrected chi connectivity index (χ3v) is 4.35. The molecule has 0 spiro atoms. The molecule has 3 aromatic rings. The molecule has 0 fully saturated rings. The molecule has 1 aromatic heterocycles. The van der Waals surface area contributed by atoms with Crippen LogP contribution in [0.4, 0.5) is 0 Å². The highest BCUT2D eigenvalue weighted by Gasteiger charge is 2.16. The van der Waals surface area contributed by atoms with Gasteiger partial charge in [0.2, 0.25) is 0 Å². The van der Waals surface area contributed by atoms with Gasteiger partial charge >= 0.3 is 0 Å². The molecule has 0 saturated heterocycles. The molecule has 0 aliphatic rings. The van der Waals surface area contributed by atoms with E-state index in [0.29, 0.717) is 18.7 Å². The van der Waals surface area contributed by atoms with Crippen molar-refractivity contribution >= 4 is 5.91 Å². The van der Waals surface area contributed by atoms with Crippen LogP contribution < -0.4 is 5.32 Å². The van der Waals surface area contributed by atoms with Gasteiger partial charge in [0.05, 0.1) is 24.3 Å². The maximum Gasteiger partial charge on any atom is 0.254 e. The highest BCUT2D eigenvalue weighted by atomic mass is 16.1. The van der Waals surface area contributed by atoms with E-state index in [-0.39, 0.29) is 11.9 Å². The summed E-state index contributed by atoms with van der Waals surface area (Å²) in [7, 11) is 4.03. The van der Waals surface area contributed by atoms with Crippen LogP contribution in [-0.2, 0) is 6.54 Å². The van der Waals surface area contributed by atoms with Crippen molar-refractivity contribution in [3.05, 3.63) is 89.7 Å². The van der Waals surface area contributed by atoms with E-state index in [1.165, 1.54) is 5.56 Å². The molecule has 5 nitrogen and oxygen atoms in total. The summed E-state index contributed by atoms with van der Waals surface area (Å²) in [5, 5.41) is 7.32. The van der Waals surface area contributed by atoms with Gasteiger partial charge in [-0.15, -0.1) is 0 Å². The Hall–Kier alpha value is -2.92. The molecule has 1 atom stereocenters. The maximum absolute atomic E-state index is 12.5. The lowest BCUT2D eigenvalue weighted by molar-refractivity contribution is 0.0942. The van der Waals surface area contributed by atoms with Crippen LogP contribution >= 0.6 is 0 Å². The predicted octanol–water partition coefficient (Wildman–Crippen LogP) is 2.96. The molecule has 0 aliphatic heterocycles. The van der Waals surface area contributed by atoms with Gasteiger partial charge < -0.3 is 10.2 Å². The third kappa shape index (κ3) is 4.58. The summed E-state index contributed by atoms with van der Waals surface area (Å²) in [6.45, 7) is 1.19. The molecule has 1 N–H and O–H groups in total. The van der Waals surface area contributed by atoms with Crippen molar-refractivity contribution in [3.8, 4) is 0 Å². The fourth-order valence-electron chi connectivity index (χ4n) is 2.90. The number of carbonyl (C=O) groups excluding carboxylic acids is 1. The Labute approximate surface area is 154 Å². The number of benzene rings is 2. The van der Waals surface area contributed by atoms with Crippen LogP contribution in [0.5, 0.6) is 0 Å². The molecule has 1 heterocycles. The largest absolute Gasteiger partial charge is 0.350 e. The molecule has 134 valence electrons. The fourth-order valence-corrected chi connectivity index (χ4v) is 2.90. The molecule has 26 heavy (non-hydrogen) atoms. The maximum atomic E-state index is 12.5. The van der Waals surface area contributed by atoms with E-state index in [0.717, 1.165) is 5.56 Å². The lowest BCUT2D eigenvalue weighted by Gasteiger charge is -2.25. The number of carbonyl (C=O) groups is 1. The van der Waals surface area contributed by atoms with E-state index in [2.05, 4.69) is 27.4 Å². The lowest BCUT2D eigenvalue weighted by atomic mass is 10.1. The zero-order chi connectivity index (χ0) is 18.4. The van der Waals surface area contributed by atoms with E-state index < -0.39 is 0 Å². The second kappa shape index (κ2) is 8.45. The van der Waals surface area contributed by atoms with Crippen molar-refractivity contribution in [1.82, 2.24) is 20.0 Å². The Balaban J connectivity index is 1.61. The molecule has 5 heteroatoms. The first-order valence-electron chi connectivity index (χ1n) is 8.69. The van der Waals surface area contributed by atoms with Gasteiger partial charge in [0.15, 0.2) is 0 Å². The summed E-state index contributed by atoms with van der Waals surface area (Å²) >= 11 is 0. The Morgan fingerprint density at radius 2 is 1.73 bits per heavy atom. The topological polar surface area (TPSA) is 50.2 Å². The normalized spacial score (nSPS) is 12.1. The third-order valence-electron chi connectivity index (χ3n) is 4.35. The SMILES string of the molecule is CN(C)[C@H](CNC(=O)c1cnn(Cc2ccccc2)c1)c1ccccc1. The van der Waals surface area contributed by atoms with Crippen molar-refractivity contribution in [1.29, 1.82) is 0 Å². The molecule has 0 saturated carbocycles.